The van der Waals surface area contributed by atoms with Crippen LogP contribution in [0.1, 0.15) is 71.1 Å². The molecule has 3 heteroatoms. The average Bonchev–Trinajstić information content (AvgIpc) is 2.25. The first kappa shape index (κ1) is 15.8. The summed E-state index contributed by atoms with van der Waals surface area (Å²) in [5.41, 5.74) is 0. The molecule has 0 spiro atoms. The monoisotopic (exact) mass is 246 g/mol. The molecule has 0 bridgehead atoms. The molecule has 0 aliphatic heterocycles. The van der Waals surface area contributed by atoms with Crippen LogP contribution < -0.4 is 0 Å². The van der Waals surface area contributed by atoms with E-state index in [2.05, 4.69) is 6.92 Å². The number of hydrogen-bond donors (Lipinski definition) is 1. The molecule has 96 valence electrons. The Labute approximate surface area is 104 Å². The molecule has 0 amide bonds. The summed E-state index contributed by atoms with van der Waals surface area (Å²) in [6.07, 6.45) is 13.1. The minimum atomic E-state index is -0.740. The third kappa shape index (κ3) is 13.8. The Balaban J connectivity index is 2.90. The molecule has 0 rings (SSSR count). The van der Waals surface area contributed by atoms with Crippen LogP contribution in [0.3, 0.4) is 0 Å². The van der Waals surface area contributed by atoms with Gasteiger partial charge >= 0.3 is 5.30 Å². The van der Waals surface area contributed by atoms with Gasteiger partial charge in [-0.2, -0.15) is 0 Å². The van der Waals surface area contributed by atoms with E-state index in [1.165, 1.54) is 57.8 Å². The summed E-state index contributed by atoms with van der Waals surface area (Å²) < 4.78 is 0. The van der Waals surface area contributed by atoms with Crippen LogP contribution in [0.2, 0.25) is 0 Å². The molecule has 0 aromatic heterocycles. The lowest BCUT2D eigenvalue weighted by Gasteiger charge is -2.01. The highest BCUT2D eigenvalue weighted by Gasteiger charge is 1.96. The van der Waals surface area contributed by atoms with E-state index in [9.17, 15) is 4.79 Å². The maximum atomic E-state index is 10.2. The normalized spacial score (nSPS) is 10.6. The second kappa shape index (κ2) is 12.9. The summed E-state index contributed by atoms with van der Waals surface area (Å²) in [5, 5.41) is 7.68. The zero-order valence-corrected chi connectivity index (χ0v) is 11.4. The molecule has 0 atom stereocenters. The maximum absolute atomic E-state index is 10.2. The standard InChI is InChI=1S/C13H26O2S/c1-2-3-4-5-6-7-8-9-10-11-12-16-13(14)15/h2-12H2,1H3,(H,14,15). The molecule has 0 radical (unpaired) electrons. The van der Waals surface area contributed by atoms with Crippen molar-refractivity contribution in [3.8, 4) is 0 Å². The Bertz CT molecular complexity index is 160. The molecule has 0 aliphatic rings. The molecule has 0 aromatic rings. The van der Waals surface area contributed by atoms with Gasteiger partial charge in [-0.15, -0.1) is 0 Å². The lowest BCUT2D eigenvalue weighted by atomic mass is 10.1. The van der Waals surface area contributed by atoms with E-state index in [0.29, 0.717) is 0 Å². The predicted octanol–water partition coefficient (Wildman–Crippen LogP) is 5.32. The number of rotatable bonds is 11. The number of carboxylic acid groups (broad SMARTS) is 1. The van der Waals surface area contributed by atoms with Gasteiger partial charge in [0, 0.05) is 5.75 Å². The molecule has 1 N–H and O–H groups in total. The quantitative estimate of drug-likeness (QED) is 0.501. The highest BCUT2D eigenvalue weighted by atomic mass is 32.2. The zero-order chi connectivity index (χ0) is 12.1. The Morgan fingerprint density at radius 1 is 0.875 bits per heavy atom. The van der Waals surface area contributed by atoms with Crippen LogP contribution >= 0.6 is 11.8 Å². The first-order valence-corrected chi connectivity index (χ1v) is 7.61. The fourth-order valence-corrected chi connectivity index (χ4v) is 2.27. The summed E-state index contributed by atoms with van der Waals surface area (Å²) in [7, 11) is 0. The van der Waals surface area contributed by atoms with Crippen molar-refractivity contribution in [1.29, 1.82) is 0 Å². The summed E-state index contributed by atoms with van der Waals surface area (Å²) in [5.74, 6) is 0.770. The summed E-state index contributed by atoms with van der Waals surface area (Å²) in [4.78, 5) is 10.2. The van der Waals surface area contributed by atoms with Crippen molar-refractivity contribution in [2.24, 2.45) is 0 Å². The predicted molar refractivity (Wildman–Crippen MR) is 72.3 cm³/mol. The van der Waals surface area contributed by atoms with Crippen LogP contribution in [0.15, 0.2) is 0 Å². The summed E-state index contributed by atoms with van der Waals surface area (Å²) in [6.45, 7) is 2.25. The fraction of sp³-hybridized carbons (Fsp3) is 0.923. The lowest BCUT2D eigenvalue weighted by Crippen LogP contribution is -1.88. The van der Waals surface area contributed by atoms with Gasteiger partial charge in [0.05, 0.1) is 0 Å². The SMILES string of the molecule is CCCCCCCCCCCCSC(=O)O. The average molecular weight is 246 g/mol. The minimum absolute atomic E-state index is 0.740. The molecule has 0 aliphatic carbocycles. The molecule has 0 heterocycles. The number of unbranched alkanes of at least 4 members (excludes halogenated alkanes) is 9. The van der Waals surface area contributed by atoms with Crippen molar-refractivity contribution < 1.29 is 9.90 Å². The van der Waals surface area contributed by atoms with Gasteiger partial charge in [-0.3, -0.25) is 0 Å². The first-order valence-electron chi connectivity index (χ1n) is 6.63. The van der Waals surface area contributed by atoms with Crippen LogP contribution in [0.4, 0.5) is 4.79 Å². The van der Waals surface area contributed by atoms with Crippen molar-refractivity contribution in [3.63, 3.8) is 0 Å². The van der Waals surface area contributed by atoms with Crippen LogP contribution in [0, 0.1) is 0 Å². The Morgan fingerprint density at radius 3 is 1.75 bits per heavy atom. The highest BCUT2D eigenvalue weighted by molar-refractivity contribution is 8.13. The third-order valence-electron chi connectivity index (χ3n) is 2.72. The highest BCUT2D eigenvalue weighted by Crippen LogP contribution is 2.12. The van der Waals surface area contributed by atoms with Crippen LogP contribution in [0.25, 0.3) is 0 Å². The summed E-state index contributed by atoms with van der Waals surface area (Å²) >= 11 is 1.03. The van der Waals surface area contributed by atoms with Crippen LogP contribution in [0.5, 0.6) is 0 Å². The molecule has 0 fully saturated rings. The maximum Gasteiger partial charge on any atom is 0.364 e. The summed E-state index contributed by atoms with van der Waals surface area (Å²) in [6, 6.07) is 0. The zero-order valence-electron chi connectivity index (χ0n) is 10.5. The van der Waals surface area contributed by atoms with Gasteiger partial charge in [0.2, 0.25) is 0 Å². The van der Waals surface area contributed by atoms with Gasteiger partial charge in [0.1, 0.15) is 0 Å². The Morgan fingerprint density at radius 2 is 1.31 bits per heavy atom. The van der Waals surface area contributed by atoms with Crippen molar-refractivity contribution in [2.45, 2.75) is 71.1 Å². The minimum Gasteiger partial charge on any atom is -0.473 e. The van der Waals surface area contributed by atoms with Crippen LogP contribution in [-0.4, -0.2) is 16.2 Å². The van der Waals surface area contributed by atoms with Gasteiger partial charge in [-0.05, 0) is 18.2 Å². The van der Waals surface area contributed by atoms with Gasteiger partial charge in [0.15, 0.2) is 0 Å². The Hall–Kier alpha value is -0.180. The number of carbonyl (C=O) groups is 1. The second-order valence-electron chi connectivity index (χ2n) is 4.30. The lowest BCUT2D eigenvalue weighted by molar-refractivity contribution is 0.222. The molecule has 0 saturated heterocycles. The van der Waals surface area contributed by atoms with Gasteiger partial charge in [0.25, 0.3) is 0 Å². The van der Waals surface area contributed by atoms with E-state index in [0.717, 1.165) is 23.9 Å². The van der Waals surface area contributed by atoms with Gasteiger partial charge in [-0.25, -0.2) is 4.79 Å². The van der Waals surface area contributed by atoms with Crippen molar-refractivity contribution in [1.82, 2.24) is 0 Å². The number of hydrogen-bond acceptors (Lipinski definition) is 2. The number of thioether (sulfide) groups is 1. The molecular formula is C13H26O2S. The van der Waals surface area contributed by atoms with E-state index >= 15 is 0 Å². The third-order valence-corrected chi connectivity index (χ3v) is 3.46. The Kier molecular flexibility index (Phi) is 12.7. The van der Waals surface area contributed by atoms with E-state index in [1.807, 2.05) is 0 Å². The van der Waals surface area contributed by atoms with Gasteiger partial charge < -0.3 is 5.11 Å². The fourth-order valence-electron chi connectivity index (χ4n) is 1.75. The van der Waals surface area contributed by atoms with E-state index < -0.39 is 5.30 Å². The molecule has 16 heavy (non-hydrogen) atoms. The first-order chi connectivity index (χ1) is 7.77. The molecule has 0 aromatic carbocycles. The topological polar surface area (TPSA) is 37.3 Å². The van der Waals surface area contributed by atoms with E-state index in [-0.39, 0.29) is 0 Å². The molecule has 0 saturated carbocycles. The van der Waals surface area contributed by atoms with Gasteiger partial charge in [-0.1, -0.05) is 64.7 Å². The molecule has 0 unspecified atom stereocenters. The van der Waals surface area contributed by atoms with Crippen molar-refractivity contribution >= 4 is 17.1 Å². The molecule has 2 nitrogen and oxygen atoms in total. The van der Waals surface area contributed by atoms with E-state index in [1.54, 1.807) is 0 Å². The van der Waals surface area contributed by atoms with E-state index in [4.69, 9.17) is 5.11 Å². The van der Waals surface area contributed by atoms with Crippen molar-refractivity contribution in [2.75, 3.05) is 5.75 Å². The van der Waals surface area contributed by atoms with Crippen molar-refractivity contribution in [3.05, 3.63) is 0 Å². The second-order valence-corrected chi connectivity index (χ2v) is 5.34. The van der Waals surface area contributed by atoms with Crippen LogP contribution in [-0.2, 0) is 0 Å². The smallest absolute Gasteiger partial charge is 0.364 e. The largest absolute Gasteiger partial charge is 0.473 e. The molecular weight excluding hydrogens is 220 g/mol.